The Balaban J connectivity index is 0.000000204. The zero-order valence-corrected chi connectivity index (χ0v) is 73.8. The molecule has 0 radical (unpaired) electrons. The molecule has 16 nitrogen and oxygen atoms in total. The Hall–Kier alpha value is -10.3. The molecule has 124 heavy (non-hydrogen) atoms. The van der Waals surface area contributed by atoms with Crippen LogP contribution in [-0.4, -0.2) is 152 Å². The number of halogens is 12. The normalized spacial score (nSPS) is 17.1. The third-order valence-corrected chi connectivity index (χ3v) is 23.2. The van der Waals surface area contributed by atoms with E-state index in [1.54, 1.807) is 69.9 Å². The monoisotopic (exact) mass is 1740 g/mol. The first-order chi connectivity index (χ1) is 58.4. The van der Waals surface area contributed by atoms with Crippen LogP contribution in [0, 0.1) is 55.4 Å². The number of carbonyl (C=O) groups is 6. The van der Waals surface area contributed by atoms with E-state index < -0.39 is 48.3 Å². The Morgan fingerprint density at radius 3 is 1.06 bits per heavy atom. The smallest absolute Gasteiger partial charge is 0.471 e. The van der Waals surface area contributed by atoms with Crippen LogP contribution in [0.5, 0.6) is 11.5 Å². The van der Waals surface area contributed by atoms with Gasteiger partial charge in [0.2, 0.25) is 0 Å². The first-order valence-corrected chi connectivity index (χ1v) is 42.5. The molecule has 678 valence electrons. The molecule has 0 spiro atoms. The van der Waals surface area contributed by atoms with E-state index in [0.717, 1.165) is 141 Å². The molecule has 6 aromatic carbocycles. The van der Waals surface area contributed by atoms with Crippen molar-refractivity contribution in [1.82, 2.24) is 41.7 Å². The van der Waals surface area contributed by atoms with Gasteiger partial charge in [0.15, 0.2) is 0 Å². The molecule has 8 amide bonds. The maximum Gasteiger partial charge on any atom is 0.471 e. The van der Waals surface area contributed by atoms with Crippen molar-refractivity contribution < 1.29 is 90.9 Å². The van der Waals surface area contributed by atoms with Gasteiger partial charge in [0.1, 0.15) is 11.5 Å². The molecule has 0 saturated carbocycles. The first kappa shape index (κ1) is 101. The first-order valence-electron chi connectivity index (χ1n) is 42.5. The van der Waals surface area contributed by atoms with Gasteiger partial charge in [0, 0.05) is 67.5 Å². The second kappa shape index (κ2) is 46.6. The molecule has 0 saturated heterocycles. The lowest BCUT2D eigenvalue weighted by molar-refractivity contribution is -0.173. The van der Waals surface area contributed by atoms with Gasteiger partial charge in [0.05, 0.1) is 14.2 Å². The highest BCUT2D eigenvalue weighted by atomic mass is 19.4. The van der Waals surface area contributed by atoms with Gasteiger partial charge in [0.25, 0.3) is 0 Å². The minimum atomic E-state index is -4.84. The fourth-order valence-corrected chi connectivity index (χ4v) is 17.2. The predicted octanol–water partition coefficient (Wildman–Crippen LogP) is 20.4. The molecular weight excluding hydrogens is 1620 g/mol. The maximum absolute atomic E-state index is 12.1. The van der Waals surface area contributed by atoms with Gasteiger partial charge < -0.3 is 51.2 Å². The summed E-state index contributed by atoms with van der Waals surface area (Å²) in [7, 11) is 10.2. The van der Waals surface area contributed by atoms with Crippen molar-refractivity contribution >= 4 is 52.4 Å². The number of rotatable bonds is 17. The van der Waals surface area contributed by atoms with Gasteiger partial charge >= 0.3 is 60.4 Å². The zero-order chi connectivity index (χ0) is 91.6. The van der Waals surface area contributed by atoms with E-state index in [4.69, 9.17) is 9.47 Å². The van der Waals surface area contributed by atoms with E-state index in [-0.39, 0.29) is 50.1 Å². The number of nitrogens with zero attached hydrogens (tertiary/aromatic N) is 2. The largest absolute Gasteiger partial charge is 0.497 e. The number of alkyl halides is 12. The van der Waals surface area contributed by atoms with Crippen LogP contribution in [-0.2, 0) is 57.7 Å². The number of fused-ring (bicyclic) bond motifs is 6. The molecule has 0 aliphatic heterocycles. The summed E-state index contributed by atoms with van der Waals surface area (Å²) in [6.07, 6.45) is 6.94. The maximum atomic E-state index is 12.1. The van der Waals surface area contributed by atoms with Crippen LogP contribution in [0.15, 0.2) is 103 Å². The molecule has 0 bridgehead atoms. The van der Waals surface area contributed by atoms with Crippen molar-refractivity contribution in [3.05, 3.63) is 214 Å². The lowest BCUT2D eigenvalue weighted by atomic mass is 9.78. The number of urea groups is 2. The third kappa shape index (κ3) is 30.6. The summed E-state index contributed by atoms with van der Waals surface area (Å²) < 4.78 is 156. The topological polar surface area (TPSA) is 200 Å². The van der Waals surface area contributed by atoms with E-state index in [2.05, 4.69) is 107 Å². The van der Waals surface area contributed by atoms with Gasteiger partial charge in [-0.2, -0.15) is 52.7 Å². The van der Waals surface area contributed by atoms with Crippen molar-refractivity contribution in [2.75, 3.05) is 81.7 Å². The molecular formula is C96H122F12N8O8. The molecule has 6 N–H and O–H groups in total. The van der Waals surface area contributed by atoms with Crippen molar-refractivity contribution in [3.8, 4) is 11.5 Å². The Morgan fingerprint density at radius 1 is 0.347 bits per heavy atom. The number of benzene rings is 6. The van der Waals surface area contributed by atoms with Crippen LogP contribution < -0.4 is 41.4 Å². The quantitative estimate of drug-likeness (QED) is 0.0485. The Morgan fingerprint density at radius 2 is 0.661 bits per heavy atom. The highest BCUT2D eigenvalue weighted by molar-refractivity contribution is 5.84. The highest BCUT2D eigenvalue weighted by Gasteiger charge is 2.41. The predicted molar refractivity (Wildman–Crippen MR) is 464 cm³/mol. The third-order valence-electron chi connectivity index (χ3n) is 23.2. The van der Waals surface area contributed by atoms with Gasteiger partial charge in [-0.1, -0.05) is 101 Å². The van der Waals surface area contributed by atoms with Gasteiger partial charge in [-0.15, -0.1) is 0 Å². The number of hydrogen-bond donors (Lipinski definition) is 6. The van der Waals surface area contributed by atoms with Crippen LogP contribution in [0.25, 0.3) is 16.7 Å². The summed E-state index contributed by atoms with van der Waals surface area (Å²) in [4.78, 5) is 69.4. The Bertz CT molecular complexity index is 4770. The highest BCUT2D eigenvalue weighted by Crippen LogP contribution is 2.41. The number of allylic oxidation sites excluding steroid dienone is 3. The zero-order valence-electron chi connectivity index (χ0n) is 73.8. The fourth-order valence-electron chi connectivity index (χ4n) is 17.2. The molecule has 3 atom stereocenters. The van der Waals surface area contributed by atoms with E-state index in [0.29, 0.717) is 31.1 Å². The summed E-state index contributed by atoms with van der Waals surface area (Å²) in [5, 5.41) is 13.5. The summed E-state index contributed by atoms with van der Waals surface area (Å²) in [5.41, 5.74) is 29.0. The number of hydrogen-bond acceptors (Lipinski definition) is 8. The van der Waals surface area contributed by atoms with E-state index in [1.165, 1.54) is 116 Å². The van der Waals surface area contributed by atoms with Crippen molar-refractivity contribution in [1.29, 1.82) is 0 Å². The van der Waals surface area contributed by atoms with Crippen LogP contribution in [0.1, 0.15) is 225 Å². The Labute approximate surface area is 722 Å². The molecule has 0 heterocycles. The van der Waals surface area contributed by atoms with Crippen molar-refractivity contribution in [3.63, 3.8) is 0 Å². The second-order valence-corrected chi connectivity index (χ2v) is 33.1. The minimum Gasteiger partial charge on any atom is -0.497 e. The van der Waals surface area contributed by atoms with Crippen LogP contribution >= 0.6 is 0 Å². The molecule has 3 unspecified atom stereocenters. The van der Waals surface area contributed by atoms with Crippen LogP contribution in [0.3, 0.4) is 0 Å². The summed E-state index contributed by atoms with van der Waals surface area (Å²) in [5.74, 6) is -5.07. The van der Waals surface area contributed by atoms with Crippen molar-refractivity contribution in [2.45, 2.75) is 233 Å². The average Bonchev–Trinajstić information content (AvgIpc) is 0.849. The van der Waals surface area contributed by atoms with Crippen LogP contribution in [0.4, 0.5) is 62.3 Å². The van der Waals surface area contributed by atoms with E-state index in [1.807, 2.05) is 71.5 Å². The number of nitrogens with one attached hydrogen (secondary N) is 6. The minimum absolute atomic E-state index is 0.00135. The lowest BCUT2D eigenvalue weighted by Gasteiger charge is -2.28. The molecule has 0 aromatic heterocycles. The number of carbonyl (C=O) groups excluding carboxylic acids is 6. The molecule has 28 heteroatoms. The SMILES string of the molecule is COc1ccc2c(c1)/C(=C/CNC(=O)C(F)(F)F)CCC2.COc1ccc2c(c1)C(CCNC(=O)C(F)(F)F)CCC2.Cc1cc(C)c2c(c1)/C(=C/CNC(=O)C(F)(F)F)CCC2.Cc1cc(C)c2c(c1)/C(=C/CNC(=O)N(C)C)CCC2.Cc1cc(C)c2c(c1)C(CCNC(=O)C(F)(F)F)CCC2.Cc1cc(C)c2c(c1)C(CCNC(=O)N(C)C)CCC2. The molecule has 0 fully saturated rings. The van der Waals surface area contributed by atoms with E-state index >= 15 is 0 Å². The number of methoxy groups -OCH3 is 2. The van der Waals surface area contributed by atoms with Gasteiger partial charge in [-0.25, -0.2) is 9.59 Å². The van der Waals surface area contributed by atoms with Gasteiger partial charge in [-0.3, -0.25) is 19.2 Å². The van der Waals surface area contributed by atoms with E-state index in [9.17, 15) is 81.5 Å². The molecule has 6 aliphatic rings. The number of amides is 8. The number of ether oxygens (including phenoxy) is 2. The second-order valence-electron chi connectivity index (χ2n) is 33.1. The standard InChI is InChI=1S/C17H26N2O.C17H24N2O.C16H20F3NO.C16H18F3NO.C15H18F3NO2.C15H16F3NO2/c2*1-12-10-13(2)15-7-5-6-14(16(15)11-12)8-9-18-17(20)19(3)4;2*1-10-8-11(2)13-5-3-4-12(14(13)9-10)6-7-20-15(21)16(17,18)19;2*1-21-12-6-5-10-3-2-4-11(13(10)9-12)7-8-19-14(20)15(16,17)18/h10-11,14H,5-9H2,1-4H3,(H,18,20);8,10-11H,5-7,9H2,1-4H3,(H,18,20);8-9,12H,3-7H2,1-2H3,(H,20,21);6,8-9H,3-5,7H2,1-2H3,(H,20,21);5-6,9,11H,2-4,7-8H2,1H3,(H,19,20);5-7,9H,2-4,8H2,1H3,(H,19,20)/b;14-8+;;12-6+;;11-7+. The molecule has 6 aliphatic carbocycles. The summed E-state index contributed by atoms with van der Waals surface area (Å²) in [6, 6.07) is 29.2. The lowest BCUT2D eigenvalue weighted by Crippen LogP contribution is -2.37. The molecule has 12 rings (SSSR count). The van der Waals surface area contributed by atoms with Gasteiger partial charge in [-0.05, 0) is 338 Å². The summed E-state index contributed by atoms with van der Waals surface area (Å²) in [6.45, 7) is 18.1. The van der Waals surface area contributed by atoms with Crippen LogP contribution in [0.2, 0.25) is 0 Å². The molecule has 6 aromatic rings. The Kier molecular flexibility index (Phi) is 37.9. The summed E-state index contributed by atoms with van der Waals surface area (Å²) >= 11 is 0. The average molecular weight is 1740 g/mol. The fraction of sp³-hybridized carbons (Fsp3) is 0.500. The van der Waals surface area contributed by atoms with Crippen molar-refractivity contribution in [2.24, 2.45) is 0 Å². The number of aryl methyl sites for hydroxylation is 10.